The Bertz CT molecular complexity index is 465. The third-order valence-electron chi connectivity index (χ3n) is 3.68. The van der Waals surface area contributed by atoms with Gasteiger partial charge in [-0.1, -0.05) is 48.0 Å². The summed E-state index contributed by atoms with van der Waals surface area (Å²) < 4.78 is 0. The summed E-state index contributed by atoms with van der Waals surface area (Å²) in [5.74, 6) is 0.344. The number of phenols is 1. The van der Waals surface area contributed by atoms with Crippen LogP contribution in [0.25, 0.3) is 0 Å². The normalized spacial score (nSPS) is 12.5. The van der Waals surface area contributed by atoms with E-state index in [0.29, 0.717) is 11.3 Å². The zero-order valence-corrected chi connectivity index (χ0v) is 13.0. The molecule has 0 bridgehead atoms. The molecule has 1 aromatic rings. The fraction of sp³-hybridized carbons (Fsp3) is 0.588. The van der Waals surface area contributed by atoms with Gasteiger partial charge in [0, 0.05) is 16.7 Å². The molecule has 0 aliphatic rings. The van der Waals surface area contributed by atoms with E-state index < -0.39 is 0 Å². The van der Waals surface area contributed by atoms with Crippen LogP contribution in [0.2, 0.25) is 0 Å². The minimum Gasteiger partial charge on any atom is -0.507 e. The summed E-state index contributed by atoms with van der Waals surface area (Å²) in [6, 6.07) is 3.63. The van der Waals surface area contributed by atoms with Crippen molar-refractivity contribution >= 4 is 6.29 Å². The molecule has 2 heteroatoms. The number of rotatable bonds is 4. The van der Waals surface area contributed by atoms with Gasteiger partial charge in [-0.2, -0.15) is 0 Å². The summed E-state index contributed by atoms with van der Waals surface area (Å²) in [7, 11) is 0. The summed E-state index contributed by atoms with van der Waals surface area (Å²) in [6.07, 6.45) is 2.88. The number of aldehydes is 1. The van der Waals surface area contributed by atoms with Crippen LogP contribution in [-0.2, 0) is 10.8 Å². The molecule has 0 fully saturated rings. The third kappa shape index (κ3) is 3.37. The molecule has 2 nitrogen and oxygen atoms in total. The highest BCUT2D eigenvalue weighted by Gasteiger charge is 2.28. The summed E-state index contributed by atoms with van der Waals surface area (Å²) in [5.41, 5.74) is 2.06. The maximum absolute atomic E-state index is 11.2. The Labute approximate surface area is 116 Å². The first-order valence-electron chi connectivity index (χ1n) is 6.96. The van der Waals surface area contributed by atoms with E-state index in [1.54, 1.807) is 6.07 Å². The Balaban J connectivity index is 3.52. The van der Waals surface area contributed by atoms with Crippen LogP contribution in [0.15, 0.2) is 12.1 Å². The van der Waals surface area contributed by atoms with Crippen LogP contribution in [-0.4, -0.2) is 11.4 Å². The van der Waals surface area contributed by atoms with Gasteiger partial charge in [-0.25, -0.2) is 0 Å². The van der Waals surface area contributed by atoms with Crippen LogP contribution in [0, 0.1) is 0 Å². The molecule has 1 rings (SSSR count). The van der Waals surface area contributed by atoms with Crippen molar-refractivity contribution in [3.63, 3.8) is 0 Å². The SMILES string of the molecule is CCCC(C)(C)c1cc(C=O)cc(C(C)(C)C)c1O. The summed E-state index contributed by atoms with van der Waals surface area (Å²) in [4.78, 5) is 11.2. The van der Waals surface area contributed by atoms with Crippen molar-refractivity contribution in [2.75, 3.05) is 0 Å². The Morgan fingerprint density at radius 1 is 1.11 bits per heavy atom. The number of aromatic hydroxyl groups is 1. The number of hydrogen-bond donors (Lipinski definition) is 1. The van der Waals surface area contributed by atoms with Crippen molar-refractivity contribution in [1.82, 2.24) is 0 Å². The Morgan fingerprint density at radius 2 is 1.63 bits per heavy atom. The van der Waals surface area contributed by atoms with Gasteiger partial charge in [0.15, 0.2) is 0 Å². The Kier molecular flexibility index (Phi) is 4.44. The molecule has 0 radical (unpaired) electrons. The molecule has 0 unspecified atom stereocenters. The van der Waals surface area contributed by atoms with Crippen molar-refractivity contribution in [2.24, 2.45) is 0 Å². The summed E-state index contributed by atoms with van der Waals surface area (Å²) in [5, 5.41) is 10.6. The largest absolute Gasteiger partial charge is 0.507 e. The molecule has 0 atom stereocenters. The second-order valence-corrected chi connectivity index (χ2v) is 6.97. The number of carbonyl (C=O) groups excluding carboxylic acids is 1. The molecule has 1 aromatic carbocycles. The first kappa shape index (κ1) is 15.7. The van der Waals surface area contributed by atoms with Crippen molar-refractivity contribution in [3.05, 3.63) is 28.8 Å². The Morgan fingerprint density at radius 3 is 2.05 bits per heavy atom. The molecule has 1 N–H and O–H groups in total. The van der Waals surface area contributed by atoms with Gasteiger partial charge in [-0.05, 0) is 29.4 Å². The minimum absolute atomic E-state index is 0.127. The van der Waals surface area contributed by atoms with Gasteiger partial charge in [0.1, 0.15) is 12.0 Å². The first-order chi connectivity index (χ1) is 8.63. The second kappa shape index (κ2) is 5.36. The maximum atomic E-state index is 11.2. The third-order valence-corrected chi connectivity index (χ3v) is 3.68. The van der Waals surface area contributed by atoms with Gasteiger partial charge in [0.2, 0.25) is 0 Å². The smallest absolute Gasteiger partial charge is 0.150 e. The van der Waals surface area contributed by atoms with E-state index in [1.165, 1.54) is 0 Å². The fourth-order valence-corrected chi connectivity index (χ4v) is 2.57. The first-order valence-corrected chi connectivity index (χ1v) is 6.96. The molecular weight excluding hydrogens is 236 g/mol. The van der Waals surface area contributed by atoms with Crippen LogP contribution in [0.4, 0.5) is 0 Å². The lowest BCUT2D eigenvalue weighted by molar-refractivity contribution is 0.112. The van der Waals surface area contributed by atoms with E-state index in [2.05, 4.69) is 20.8 Å². The average Bonchev–Trinajstić information content (AvgIpc) is 2.27. The fourth-order valence-electron chi connectivity index (χ4n) is 2.57. The minimum atomic E-state index is -0.180. The zero-order chi connectivity index (χ0) is 14.8. The van der Waals surface area contributed by atoms with Crippen LogP contribution in [0.1, 0.15) is 75.9 Å². The predicted octanol–water partition coefficient (Wildman–Crippen LogP) is 4.58. The molecule has 0 spiro atoms. The van der Waals surface area contributed by atoms with Gasteiger partial charge in [-0.15, -0.1) is 0 Å². The van der Waals surface area contributed by atoms with E-state index in [-0.39, 0.29) is 10.8 Å². The molecule has 19 heavy (non-hydrogen) atoms. The van der Waals surface area contributed by atoms with Crippen molar-refractivity contribution in [2.45, 2.75) is 65.2 Å². The van der Waals surface area contributed by atoms with E-state index >= 15 is 0 Å². The number of benzene rings is 1. The highest BCUT2D eigenvalue weighted by atomic mass is 16.3. The van der Waals surface area contributed by atoms with E-state index in [4.69, 9.17) is 0 Å². The van der Waals surface area contributed by atoms with Gasteiger partial charge < -0.3 is 5.11 Å². The molecule has 106 valence electrons. The van der Waals surface area contributed by atoms with Crippen LogP contribution >= 0.6 is 0 Å². The van der Waals surface area contributed by atoms with Gasteiger partial charge in [0.05, 0.1) is 0 Å². The average molecular weight is 262 g/mol. The number of hydrogen-bond acceptors (Lipinski definition) is 2. The standard InChI is InChI=1S/C17H26O2/c1-7-8-17(5,6)14-10-12(11-18)9-13(15(14)19)16(2,3)4/h9-11,19H,7-8H2,1-6H3. The lowest BCUT2D eigenvalue weighted by Crippen LogP contribution is -2.20. The topological polar surface area (TPSA) is 37.3 Å². The van der Waals surface area contributed by atoms with Gasteiger partial charge in [-0.3, -0.25) is 4.79 Å². The van der Waals surface area contributed by atoms with Crippen molar-refractivity contribution in [1.29, 1.82) is 0 Å². The summed E-state index contributed by atoms with van der Waals surface area (Å²) >= 11 is 0. The highest BCUT2D eigenvalue weighted by molar-refractivity contribution is 5.77. The number of carbonyl (C=O) groups is 1. The predicted molar refractivity (Wildman–Crippen MR) is 80.1 cm³/mol. The molecule has 0 aliphatic heterocycles. The summed E-state index contributed by atoms with van der Waals surface area (Å²) in [6.45, 7) is 12.5. The molecule has 0 saturated heterocycles. The van der Waals surface area contributed by atoms with Crippen LogP contribution in [0.5, 0.6) is 5.75 Å². The van der Waals surface area contributed by atoms with Crippen LogP contribution < -0.4 is 0 Å². The molecular formula is C17H26O2. The van der Waals surface area contributed by atoms with E-state index in [1.807, 2.05) is 26.8 Å². The lowest BCUT2D eigenvalue weighted by Gasteiger charge is -2.30. The van der Waals surface area contributed by atoms with Crippen molar-refractivity contribution < 1.29 is 9.90 Å². The molecule has 0 heterocycles. The van der Waals surface area contributed by atoms with E-state index in [9.17, 15) is 9.90 Å². The van der Waals surface area contributed by atoms with Gasteiger partial charge >= 0.3 is 0 Å². The van der Waals surface area contributed by atoms with Crippen LogP contribution in [0.3, 0.4) is 0 Å². The lowest BCUT2D eigenvalue weighted by atomic mass is 9.75. The van der Waals surface area contributed by atoms with Crippen molar-refractivity contribution in [3.8, 4) is 5.75 Å². The Hall–Kier alpha value is -1.31. The molecule has 0 amide bonds. The monoisotopic (exact) mass is 262 g/mol. The highest BCUT2D eigenvalue weighted by Crippen LogP contribution is 2.41. The quantitative estimate of drug-likeness (QED) is 0.806. The maximum Gasteiger partial charge on any atom is 0.150 e. The molecule has 0 saturated carbocycles. The second-order valence-electron chi connectivity index (χ2n) is 6.97. The van der Waals surface area contributed by atoms with E-state index in [0.717, 1.165) is 30.3 Å². The zero-order valence-electron chi connectivity index (χ0n) is 13.0. The molecule has 0 aliphatic carbocycles. The van der Waals surface area contributed by atoms with Gasteiger partial charge in [0.25, 0.3) is 0 Å². The number of phenolic OH excluding ortho intramolecular Hbond substituents is 1. The molecule has 0 aromatic heterocycles.